The van der Waals surface area contributed by atoms with E-state index in [9.17, 15) is 31.9 Å². The minimum absolute atomic E-state index is 0.0119. The summed E-state index contributed by atoms with van der Waals surface area (Å²) >= 11 is 0. The van der Waals surface area contributed by atoms with Gasteiger partial charge < -0.3 is 15.1 Å². The first-order valence-electron chi connectivity index (χ1n) is 18.2. The zero-order valence-electron chi connectivity index (χ0n) is 29.5. The smallest absolute Gasteiger partial charge is 0.416 e. The number of piperidine rings is 1. The van der Waals surface area contributed by atoms with Crippen LogP contribution in [-0.4, -0.2) is 50.1 Å². The van der Waals surface area contributed by atoms with Gasteiger partial charge in [0.1, 0.15) is 0 Å². The topological polar surface area (TPSA) is 99.4 Å². The average molecular weight is 733 g/mol. The van der Waals surface area contributed by atoms with E-state index < -0.39 is 41.8 Å². The lowest BCUT2D eigenvalue weighted by Gasteiger charge is -2.41. The van der Waals surface area contributed by atoms with Crippen LogP contribution in [0, 0.1) is 5.41 Å². The summed E-state index contributed by atoms with van der Waals surface area (Å²) in [5, 5.41) is 20.5. The second kappa shape index (κ2) is 14.9. The molecule has 3 heterocycles. The third-order valence-electron chi connectivity index (χ3n) is 11.0. The summed E-state index contributed by atoms with van der Waals surface area (Å²) in [6.45, 7) is 5.10. The van der Waals surface area contributed by atoms with E-state index in [1.54, 1.807) is 12.4 Å². The quantitative estimate of drug-likeness (QED) is 0.158. The molecule has 1 aromatic carbocycles. The lowest BCUT2D eigenvalue weighted by Crippen LogP contribution is -2.36. The summed E-state index contributed by atoms with van der Waals surface area (Å²) in [6.07, 6.45) is -0.526. The van der Waals surface area contributed by atoms with Crippen molar-refractivity contribution in [3.63, 3.8) is 0 Å². The van der Waals surface area contributed by atoms with Crippen molar-refractivity contribution in [2.45, 2.75) is 127 Å². The fourth-order valence-corrected chi connectivity index (χ4v) is 8.31. The summed E-state index contributed by atoms with van der Waals surface area (Å²) in [5.74, 6) is -3.85. The zero-order chi connectivity index (χ0) is 37.4. The third kappa shape index (κ3) is 8.55. The minimum Gasteiger partial charge on any atom is -0.481 e. The molecule has 6 rings (SSSR count). The first kappa shape index (κ1) is 38.0. The molecule has 2 N–H and O–H groups in total. The number of aliphatic carboxylic acids is 1. The Kier molecular flexibility index (Phi) is 10.9. The van der Waals surface area contributed by atoms with Gasteiger partial charge in [-0.05, 0) is 97.9 Å². The number of aliphatic hydroxyl groups is 1. The Hall–Kier alpha value is -3.74. The number of hydrogen-bond donors (Lipinski definition) is 2. The number of anilines is 1. The van der Waals surface area contributed by atoms with Gasteiger partial charge in [-0.2, -0.15) is 13.2 Å². The standard InChI is InChI=1S/C39H46F6N4O3/c1-37(2)19-28-32(29(50)20-37)31(24-11-15-38(41,42)16-12-24)33(34(40)25-7-9-27(10-8-25)39(43,44)45)35(48-28)26-13-17-49(18-14-26)36-46-21-23(22-47-36)5-3-4-6-30(51)52/h7-10,21-22,24,26,29,34,50H,3-6,11-20H2,1-2H3,(H,51,52)/t29-,34-/m0/s1. The van der Waals surface area contributed by atoms with Crippen LogP contribution in [0.3, 0.4) is 0 Å². The number of aryl methyl sites for hydroxylation is 1. The predicted octanol–water partition coefficient (Wildman–Crippen LogP) is 9.43. The van der Waals surface area contributed by atoms with Gasteiger partial charge in [0, 0.05) is 67.5 Å². The van der Waals surface area contributed by atoms with Crippen LogP contribution in [-0.2, 0) is 23.8 Å². The zero-order valence-corrected chi connectivity index (χ0v) is 29.5. The average Bonchev–Trinajstić information content (AvgIpc) is 3.08. The van der Waals surface area contributed by atoms with E-state index >= 15 is 4.39 Å². The van der Waals surface area contributed by atoms with Gasteiger partial charge in [0.2, 0.25) is 11.9 Å². The fraction of sp³-hybridized carbons (Fsp3) is 0.590. The van der Waals surface area contributed by atoms with Gasteiger partial charge >= 0.3 is 12.1 Å². The van der Waals surface area contributed by atoms with E-state index in [0.29, 0.717) is 86.5 Å². The molecular formula is C39H46F6N4O3. The number of hydrogen-bond acceptors (Lipinski definition) is 6. The Bertz CT molecular complexity index is 1710. The van der Waals surface area contributed by atoms with Crippen molar-refractivity contribution in [3.05, 3.63) is 81.4 Å². The van der Waals surface area contributed by atoms with E-state index in [1.165, 1.54) is 0 Å². The number of carbonyl (C=O) groups is 1. The highest BCUT2D eigenvalue weighted by Gasteiger charge is 2.44. The number of aromatic nitrogens is 3. The van der Waals surface area contributed by atoms with Crippen LogP contribution in [0.4, 0.5) is 32.3 Å². The van der Waals surface area contributed by atoms with E-state index in [-0.39, 0.29) is 54.6 Å². The van der Waals surface area contributed by atoms with Crippen LogP contribution in [0.5, 0.6) is 0 Å². The summed E-state index contributed by atoms with van der Waals surface area (Å²) in [7, 11) is 0. The van der Waals surface area contributed by atoms with E-state index in [1.807, 2.05) is 18.7 Å². The first-order valence-corrected chi connectivity index (χ1v) is 18.2. The molecule has 0 spiro atoms. The van der Waals surface area contributed by atoms with Gasteiger partial charge in [0.25, 0.3) is 0 Å². The summed E-state index contributed by atoms with van der Waals surface area (Å²) in [6, 6.07) is 3.96. The molecule has 2 fully saturated rings. The van der Waals surface area contributed by atoms with E-state index in [4.69, 9.17) is 10.1 Å². The highest BCUT2D eigenvalue weighted by molar-refractivity contribution is 5.66. The maximum Gasteiger partial charge on any atom is 0.416 e. The number of aliphatic hydroxyl groups excluding tert-OH is 1. The lowest BCUT2D eigenvalue weighted by atomic mass is 9.68. The number of carboxylic acid groups (broad SMARTS) is 1. The highest BCUT2D eigenvalue weighted by atomic mass is 19.4. The molecule has 0 bridgehead atoms. The van der Waals surface area contributed by atoms with Crippen LogP contribution >= 0.6 is 0 Å². The van der Waals surface area contributed by atoms with Crippen LogP contribution in [0.25, 0.3) is 0 Å². The van der Waals surface area contributed by atoms with Crippen molar-refractivity contribution in [2.24, 2.45) is 5.41 Å². The highest BCUT2D eigenvalue weighted by Crippen LogP contribution is 2.52. The molecule has 1 aliphatic heterocycles. The van der Waals surface area contributed by atoms with E-state index in [0.717, 1.165) is 29.8 Å². The van der Waals surface area contributed by atoms with Crippen molar-refractivity contribution in [3.8, 4) is 0 Å². The monoisotopic (exact) mass is 732 g/mol. The molecular weight excluding hydrogens is 686 g/mol. The number of fused-ring (bicyclic) bond motifs is 1. The maximum absolute atomic E-state index is 17.2. The van der Waals surface area contributed by atoms with Gasteiger partial charge in [-0.1, -0.05) is 26.0 Å². The van der Waals surface area contributed by atoms with Crippen LogP contribution in [0.15, 0.2) is 36.7 Å². The maximum atomic E-state index is 17.2. The summed E-state index contributed by atoms with van der Waals surface area (Å²) in [4.78, 5) is 27.0. The predicted molar refractivity (Wildman–Crippen MR) is 183 cm³/mol. The Labute approximate surface area is 299 Å². The van der Waals surface area contributed by atoms with Crippen molar-refractivity contribution < 1.29 is 41.4 Å². The number of unbranched alkanes of at least 4 members (excludes halogenated alkanes) is 1. The number of rotatable bonds is 10. The van der Waals surface area contributed by atoms with Gasteiger partial charge in [-0.15, -0.1) is 0 Å². The molecule has 3 aliphatic rings. The number of nitrogens with zero attached hydrogens (tertiary/aromatic N) is 4. The first-order chi connectivity index (χ1) is 24.5. The van der Waals surface area contributed by atoms with Crippen LogP contribution in [0.1, 0.15) is 147 Å². The molecule has 52 heavy (non-hydrogen) atoms. The van der Waals surface area contributed by atoms with Gasteiger partial charge in [0.05, 0.1) is 17.4 Å². The molecule has 0 unspecified atom stereocenters. The lowest BCUT2D eigenvalue weighted by molar-refractivity contribution is -0.138. The van der Waals surface area contributed by atoms with Gasteiger partial charge in [0.15, 0.2) is 6.17 Å². The second-order valence-electron chi connectivity index (χ2n) is 15.6. The molecule has 7 nitrogen and oxygen atoms in total. The number of alkyl halides is 6. The normalized spacial score (nSPS) is 21.5. The molecule has 3 aromatic rings. The molecule has 1 saturated carbocycles. The molecule has 2 aliphatic carbocycles. The molecule has 0 radical (unpaired) electrons. The largest absolute Gasteiger partial charge is 0.481 e. The molecule has 282 valence electrons. The Balaban J connectivity index is 1.35. The molecule has 1 saturated heterocycles. The summed E-state index contributed by atoms with van der Waals surface area (Å²) < 4.78 is 86.5. The molecule has 0 amide bonds. The molecule has 13 heteroatoms. The van der Waals surface area contributed by atoms with Crippen molar-refractivity contribution >= 4 is 11.9 Å². The van der Waals surface area contributed by atoms with E-state index in [2.05, 4.69) is 9.97 Å². The summed E-state index contributed by atoms with van der Waals surface area (Å²) in [5.41, 5.74) is 2.03. The minimum atomic E-state index is -4.60. The van der Waals surface area contributed by atoms with Crippen LogP contribution in [0.2, 0.25) is 0 Å². The fourth-order valence-electron chi connectivity index (χ4n) is 8.31. The van der Waals surface area contributed by atoms with Crippen molar-refractivity contribution in [2.75, 3.05) is 18.0 Å². The SMILES string of the molecule is CC1(C)Cc2nc(C3CCN(c4ncc(CCCCC(=O)O)cn4)CC3)c([C@@H](F)c3ccc(C(F)(F)F)cc3)c(C3CCC(F)(F)CC3)c2[C@@H](O)C1. The number of carboxylic acids is 1. The Morgan fingerprint density at radius 3 is 2.19 bits per heavy atom. The molecule has 2 aromatic heterocycles. The molecule has 2 atom stereocenters. The van der Waals surface area contributed by atoms with Crippen LogP contribution < -0.4 is 4.90 Å². The van der Waals surface area contributed by atoms with Crippen molar-refractivity contribution in [1.29, 1.82) is 0 Å². The Morgan fingerprint density at radius 2 is 1.60 bits per heavy atom. The second-order valence-corrected chi connectivity index (χ2v) is 15.6. The van der Waals surface area contributed by atoms with Gasteiger partial charge in [-0.25, -0.2) is 23.1 Å². The third-order valence-corrected chi connectivity index (χ3v) is 11.0. The van der Waals surface area contributed by atoms with Crippen molar-refractivity contribution in [1.82, 2.24) is 15.0 Å². The number of halogens is 6. The number of benzene rings is 1. The number of pyridine rings is 1. The van der Waals surface area contributed by atoms with Gasteiger partial charge in [-0.3, -0.25) is 9.78 Å². The Morgan fingerprint density at radius 1 is 0.962 bits per heavy atom.